The topological polar surface area (TPSA) is 80.3 Å². The third-order valence-electron chi connectivity index (χ3n) is 6.66. The molecule has 0 bridgehead atoms. The lowest BCUT2D eigenvalue weighted by Gasteiger charge is -2.32. The van der Waals surface area contributed by atoms with E-state index >= 15 is 0 Å². The van der Waals surface area contributed by atoms with Crippen LogP contribution in [-0.2, 0) is 4.79 Å². The van der Waals surface area contributed by atoms with Gasteiger partial charge >= 0.3 is 0 Å². The average Bonchev–Trinajstić information content (AvgIpc) is 2.93. The SMILES string of the molecule is CCN1CCCCN(C(=O)c2cc(OC)c(OC)c(OC)c2)C(c2ccccc2)CC(=O)NCCC1. The van der Waals surface area contributed by atoms with Crippen molar-refractivity contribution in [2.24, 2.45) is 0 Å². The van der Waals surface area contributed by atoms with Gasteiger partial charge in [0.1, 0.15) is 0 Å². The highest BCUT2D eigenvalue weighted by atomic mass is 16.5. The third-order valence-corrected chi connectivity index (χ3v) is 6.66. The Balaban J connectivity index is 2.01. The maximum atomic E-state index is 14.1. The van der Waals surface area contributed by atoms with E-state index in [1.54, 1.807) is 12.1 Å². The zero-order chi connectivity index (χ0) is 25.9. The number of ether oxygens (including phenoxy) is 3. The predicted molar refractivity (Wildman–Crippen MR) is 140 cm³/mol. The van der Waals surface area contributed by atoms with Gasteiger partial charge in [-0.1, -0.05) is 37.3 Å². The van der Waals surface area contributed by atoms with Crippen LogP contribution in [0.15, 0.2) is 42.5 Å². The maximum Gasteiger partial charge on any atom is 0.254 e. The van der Waals surface area contributed by atoms with Crippen molar-refractivity contribution in [1.82, 2.24) is 15.1 Å². The molecule has 1 atom stereocenters. The van der Waals surface area contributed by atoms with Gasteiger partial charge in [-0.3, -0.25) is 9.59 Å². The van der Waals surface area contributed by atoms with E-state index in [0.717, 1.165) is 44.5 Å². The minimum absolute atomic E-state index is 0.0613. The third kappa shape index (κ3) is 6.91. The second-order valence-corrected chi connectivity index (χ2v) is 8.89. The van der Waals surface area contributed by atoms with Gasteiger partial charge in [-0.15, -0.1) is 0 Å². The Morgan fingerprint density at radius 2 is 1.58 bits per heavy atom. The summed E-state index contributed by atoms with van der Waals surface area (Å²) < 4.78 is 16.4. The second-order valence-electron chi connectivity index (χ2n) is 8.89. The van der Waals surface area contributed by atoms with Crippen molar-refractivity contribution in [1.29, 1.82) is 0 Å². The van der Waals surface area contributed by atoms with Crippen LogP contribution in [0.3, 0.4) is 0 Å². The molecule has 196 valence electrons. The highest BCUT2D eigenvalue weighted by Gasteiger charge is 2.29. The Morgan fingerprint density at radius 1 is 0.944 bits per heavy atom. The van der Waals surface area contributed by atoms with Crippen LogP contribution < -0.4 is 19.5 Å². The number of nitrogens with one attached hydrogen (secondary N) is 1. The molecule has 1 N–H and O–H groups in total. The van der Waals surface area contributed by atoms with E-state index in [1.165, 1.54) is 21.3 Å². The first-order valence-corrected chi connectivity index (χ1v) is 12.7. The molecule has 3 rings (SSSR count). The smallest absolute Gasteiger partial charge is 0.254 e. The molecule has 1 aliphatic heterocycles. The van der Waals surface area contributed by atoms with E-state index in [9.17, 15) is 9.59 Å². The highest BCUT2D eigenvalue weighted by molar-refractivity contribution is 5.96. The van der Waals surface area contributed by atoms with Crippen LogP contribution >= 0.6 is 0 Å². The molecule has 0 aromatic heterocycles. The van der Waals surface area contributed by atoms with Gasteiger partial charge in [0.05, 0.1) is 33.8 Å². The van der Waals surface area contributed by atoms with Gasteiger partial charge < -0.3 is 29.3 Å². The van der Waals surface area contributed by atoms with Gasteiger partial charge in [0.2, 0.25) is 11.7 Å². The van der Waals surface area contributed by atoms with E-state index in [-0.39, 0.29) is 18.2 Å². The minimum Gasteiger partial charge on any atom is -0.493 e. The minimum atomic E-state index is -0.402. The summed E-state index contributed by atoms with van der Waals surface area (Å²) in [6.07, 6.45) is 2.90. The zero-order valence-electron chi connectivity index (χ0n) is 21.9. The largest absolute Gasteiger partial charge is 0.493 e. The summed E-state index contributed by atoms with van der Waals surface area (Å²) in [6.45, 7) is 6.19. The summed E-state index contributed by atoms with van der Waals surface area (Å²) >= 11 is 0. The Labute approximate surface area is 214 Å². The lowest BCUT2D eigenvalue weighted by atomic mass is 9.99. The quantitative estimate of drug-likeness (QED) is 0.652. The maximum absolute atomic E-state index is 14.1. The van der Waals surface area contributed by atoms with Crippen molar-refractivity contribution < 1.29 is 23.8 Å². The molecule has 1 fully saturated rings. The van der Waals surface area contributed by atoms with Crippen LogP contribution in [0.4, 0.5) is 0 Å². The molecule has 0 radical (unpaired) electrons. The van der Waals surface area contributed by atoms with Gasteiger partial charge in [-0.2, -0.15) is 0 Å². The number of amides is 2. The van der Waals surface area contributed by atoms with Crippen LogP contribution in [0.1, 0.15) is 54.6 Å². The Hall–Kier alpha value is -3.26. The number of carbonyl (C=O) groups excluding carboxylic acids is 2. The molecule has 1 unspecified atom stereocenters. The van der Waals surface area contributed by atoms with E-state index in [0.29, 0.717) is 35.9 Å². The van der Waals surface area contributed by atoms with Crippen LogP contribution in [0.2, 0.25) is 0 Å². The first-order valence-electron chi connectivity index (χ1n) is 12.7. The van der Waals surface area contributed by atoms with E-state index in [1.807, 2.05) is 35.2 Å². The molecule has 8 heteroatoms. The van der Waals surface area contributed by atoms with Crippen LogP contribution in [-0.4, -0.2) is 75.7 Å². The summed E-state index contributed by atoms with van der Waals surface area (Å²) in [5.74, 6) is 1.02. The van der Waals surface area contributed by atoms with Crippen molar-refractivity contribution >= 4 is 11.8 Å². The fraction of sp³-hybridized carbons (Fsp3) is 0.500. The Morgan fingerprint density at radius 3 is 2.19 bits per heavy atom. The number of rotatable bonds is 6. The van der Waals surface area contributed by atoms with Crippen molar-refractivity contribution in [2.45, 2.75) is 38.6 Å². The molecule has 0 spiro atoms. The summed E-state index contributed by atoms with van der Waals surface area (Å²) in [7, 11) is 4.59. The van der Waals surface area contributed by atoms with E-state index in [2.05, 4.69) is 17.1 Å². The summed E-state index contributed by atoms with van der Waals surface area (Å²) in [5, 5.41) is 3.06. The molecule has 0 aliphatic carbocycles. The van der Waals surface area contributed by atoms with Crippen molar-refractivity contribution in [3.8, 4) is 17.2 Å². The molecule has 1 heterocycles. The zero-order valence-corrected chi connectivity index (χ0v) is 21.9. The van der Waals surface area contributed by atoms with Crippen LogP contribution in [0, 0.1) is 0 Å². The predicted octanol–water partition coefficient (Wildman–Crippen LogP) is 3.91. The Kier molecular flexibility index (Phi) is 10.4. The Bertz CT molecular complexity index is 973. The summed E-state index contributed by atoms with van der Waals surface area (Å²) in [5.41, 5.74) is 1.35. The van der Waals surface area contributed by atoms with E-state index < -0.39 is 6.04 Å². The molecular weight excluding hydrogens is 458 g/mol. The lowest BCUT2D eigenvalue weighted by Crippen LogP contribution is -2.39. The number of carbonyl (C=O) groups is 2. The van der Waals surface area contributed by atoms with Crippen LogP contribution in [0.5, 0.6) is 17.2 Å². The van der Waals surface area contributed by atoms with Crippen molar-refractivity contribution in [3.05, 3.63) is 53.6 Å². The lowest BCUT2D eigenvalue weighted by molar-refractivity contribution is -0.122. The number of nitrogens with zero attached hydrogens (tertiary/aromatic N) is 2. The number of benzene rings is 2. The number of hydrogen-bond donors (Lipinski definition) is 1. The number of hydrogen-bond acceptors (Lipinski definition) is 6. The summed E-state index contributed by atoms with van der Waals surface area (Å²) in [6, 6.07) is 12.7. The second kappa shape index (κ2) is 13.7. The summed E-state index contributed by atoms with van der Waals surface area (Å²) in [4.78, 5) is 31.3. The number of methoxy groups -OCH3 is 3. The molecule has 1 aliphatic rings. The highest BCUT2D eigenvalue weighted by Crippen LogP contribution is 2.39. The normalized spacial score (nSPS) is 18.3. The molecular formula is C28H39N3O5. The molecule has 1 saturated heterocycles. The standard InChI is InChI=1S/C28H39N3O5/c1-5-30-15-9-10-17-31(28(33)22-18-24(34-2)27(36-4)25(19-22)35-3)23(21-12-7-6-8-13-21)20-26(32)29-14-11-16-30/h6-8,12-13,18-19,23H,5,9-11,14-17,20H2,1-4H3,(H,29,32). The molecule has 2 aromatic carbocycles. The van der Waals surface area contributed by atoms with Gasteiger partial charge in [-0.25, -0.2) is 0 Å². The van der Waals surface area contributed by atoms with Gasteiger partial charge in [0.15, 0.2) is 11.5 Å². The fourth-order valence-corrected chi connectivity index (χ4v) is 4.68. The molecule has 2 aromatic rings. The van der Waals surface area contributed by atoms with Gasteiger partial charge in [0.25, 0.3) is 5.91 Å². The first-order chi connectivity index (χ1) is 17.5. The first kappa shape index (κ1) is 27.3. The molecule has 0 saturated carbocycles. The van der Waals surface area contributed by atoms with Crippen LogP contribution in [0.25, 0.3) is 0 Å². The van der Waals surface area contributed by atoms with E-state index in [4.69, 9.17) is 14.2 Å². The van der Waals surface area contributed by atoms with Gasteiger partial charge in [0, 0.05) is 18.7 Å². The fourth-order valence-electron chi connectivity index (χ4n) is 4.68. The molecule has 2 amide bonds. The van der Waals surface area contributed by atoms with Crippen molar-refractivity contribution in [3.63, 3.8) is 0 Å². The molecule has 8 nitrogen and oxygen atoms in total. The van der Waals surface area contributed by atoms with Gasteiger partial charge in [-0.05, 0) is 56.6 Å². The average molecular weight is 498 g/mol. The van der Waals surface area contributed by atoms with Crippen molar-refractivity contribution in [2.75, 3.05) is 54.1 Å². The monoisotopic (exact) mass is 497 g/mol. The molecule has 36 heavy (non-hydrogen) atoms.